The molecule has 0 spiro atoms. The number of benzene rings is 1. The lowest BCUT2D eigenvalue weighted by atomic mass is 10.0. The summed E-state index contributed by atoms with van der Waals surface area (Å²) in [6.45, 7) is 5.25. The van der Waals surface area contributed by atoms with Crippen LogP contribution < -0.4 is 5.32 Å². The molecule has 0 saturated carbocycles. The van der Waals surface area contributed by atoms with E-state index in [0.717, 1.165) is 12.1 Å². The van der Waals surface area contributed by atoms with Crippen molar-refractivity contribution in [2.75, 3.05) is 6.54 Å². The Kier molecular flexibility index (Phi) is 7.07. The summed E-state index contributed by atoms with van der Waals surface area (Å²) in [5.41, 5.74) is -0.586. The minimum Gasteiger partial charge on any atom is -0.444 e. The van der Waals surface area contributed by atoms with Crippen LogP contribution in [0.5, 0.6) is 0 Å². The third kappa shape index (κ3) is 6.51. The van der Waals surface area contributed by atoms with E-state index in [1.54, 1.807) is 20.8 Å². The smallest absolute Gasteiger partial charge is 0.407 e. The SMILES string of the molecule is CC(C)(C)OC(=O)NCCC(O)C(O)c1c(Cl)cc(F)cc1Cl. The van der Waals surface area contributed by atoms with Gasteiger partial charge in [-0.1, -0.05) is 23.2 Å². The van der Waals surface area contributed by atoms with Crippen molar-refractivity contribution in [3.05, 3.63) is 33.6 Å². The first-order valence-corrected chi connectivity index (χ1v) is 7.74. The van der Waals surface area contributed by atoms with E-state index in [9.17, 15) is 19.4 Å². The van der Waals surface area contributed by atoms with Crippen molar-refractivity contribution < 1.29 is 24.1 Å². The van der Waals surface area contributed by atoms with Gasteiger partial charge in [0.15, 0.2) is 0 Å². The van der Waals surface area contributed by atoms with Crippen LogP contribution in [-0.4, -0.2) is 34.6 Å². The number of alkyl carbamates (subject to hydrolysis) is 1. The van der Waals surface area contributed by atoms with E-state index in [-0.39, 0.29) is 28.6 Å². The number of aliphatic hydroxyl groups excluding tert-OH is 2. The molecule has 3 N–H and O–H groups in total. The maximum atomic E-state index is 13.1. The fourth-order valence-corrected chi connectivity index (χ4v) is 2.51. The van der Waals surface area contributed by atoms with Gasteiger partial charge in [0, 0.05) is 12.1 Å². The molecule has 2 unspecified atom stereocenters. The molecule has 0 radical (unpaired) electrons. The third-order valence-electron chi connectivity index (χ3n) is 2.81. The molecule has 0 aromatic heterocycles. The zero-order valence-electron chi connectivity index (χ0n) is 13.1. The molecule has 1 aromatic rings. The van der Waals surface area contributed by atoms with Crippen molar-refractivity contribution in [1.82, 2.24) is 5.32 Å². The molecule has 0 aliphatic rings. The summed E-state index contributed by atoms with van der Waals surface area (Å²) in [6, 6.07) is 2.00. The molecular formula is C15H20Cl2FNO4. The molecule has 0 aliphatic carbocycles. The van der Waals surface area contributed by atoms with Crippen molar-refractivity contribution in [3.63, 3.8) is 0 Å². The molecule has 0 heterocycles. The highest BCUT2D eigenvalue weighted by Gasteiger charge is 2.24. The highest BCUT2D eigenvalue weighted by Crippen LogP contribution is 2.33. The maximum absolute atomic E-state index is 13.1. The number of carbonyl (C=O) groups excluding carboxylic acids is 1. The standard InChI is InChI=1S/C15H20Cl2FNO4/c1-15(2,3)23-14(22)19-5-4-11(20)13(21)12-9(16)6-8(18)7-10(12)17/h6-7,11,13,20-21H,4-5H2,1-3H3,(H,19,22). The third-order valence-corrected chi connectivity index (χ3v) is 3.44. The van der Waals surface area contributed by atoms with Crippen molar-refractivity contribution in [2.45, 2.75) is 45.0 Å². The molecule has 0 fully saturated rings. The first-order valence-electron chi connectivity index (χ1n) is 6.98. The Morgan fingerprint density at radius 1 is 1.30 bits per heavy atom. The number of amides is 1. The second-order valence-electron chi connectivity index (χ2n) is 6.01. The molecular weight excluding hydrogens is 348 g/mol. The van der Waals surface area contributed by atoms with Gasteiger partial charge in [0.1, 0.15) is 17.5 Å². The Morgan fingerprint density at radius 3 is 2.30 bits per heavy atom. The van der Waals surface area contributed by atoms with Crippen LogP contribution in [0, 0.1) is 5.82 Å². The zero-order chi connectivity index (χ0) is 17.8. The van der Waals surface area contributed by atoms with E-state index in [0.29, 0.717) is 0 Å². The van der Waals surface area contributed by atoms with Crippen LogP contribution in [-0.2, 0) is 4.74 Å². The summed E-state index contributed by atoms with van der Waals surface area (Å²) < 4.78 is 18.2. The predicted octanol–water partition coefficient (Wildman–Crippen LogP) is 3.44. The van der Waals surface area contributed by atoms with Crippen molar-refractivity contribution in [3.8, 4) is 0 Å². The Labute approximate surface area is 144 Å². The van der Waals surface area contributed by atoms with Gasteiger partial charge in [0.05, 0.1) is 16.1 Å². The quantitative estimate of drug-likeness (QED) is 0.744. The van der Waals surface area contributed by atoms with Gasteiger partial charge in [0.2, 0.25) is 0 Å². The lowest BCUT2D eigenvalue weighted by Gasteiger charge is -2.22. The number of hydrogen-bond donors (Lipinski definition) is 3. The number of hydrogen-bond acceptors (Lipinski definition) is 4. The van der Waals surface area contributed by atoms with Crippen LogP contribution in [0.2, 0.25) is 10.0 Å². The number of rotatable bonds is 5. The normalized spacial score (nSPS) is 14.3. The molecule has 1 aromatic carbocycles. The van der Waals surface area contributed by atoms with E-state index < -0.39 is 29.7 Å². The first-order chi connectivity index (χ1) is 10.5. The predicted molar refractivity (Wildman–Crippen MR) is 86.2 cm³/mol. The summed E-state index contributed by atoms with van der Waals surface area (Å²) in [4.78, 5) is 11.5. The number of ether oxygens (including phenoxy) is 1. The van der Waals surface area contributed by atoms with Gasteiger partial charge in [-0.05, 0) is 39.3 Å². The highest BCUT2D eigenvalue weighted by molar-refractivity contribution is 6.36. The number of nitrogens with one attached hydrogen (secondary N) is 1. The van der Waals surface area contributed by atoms with E-state index >= 15 is 0 Å². The highest BCUT2D eigenvalue weighted by atomic mass is 35.5. The molecule has 23 heavy (non-hydrogen) atoms. The summed E-state index contributed by atoms with van der Waals surface area (Å²) in [6.07, 6.45) is -3.25. The average Bonchev–Trinajstić information content (AvgIpc) is 2.34. The molecule has 1 rings (SSSR count). The molecule has 1 amide bonds. The second kappa shape index (κ2) is 8.15. The Hall–Kier alpha value is -1.08. The van der Waals surface area contributed by atoms with Gasteiger partial charge in [0.25, 0.3) is 0 Å². The van der Waals surface area contributed by atoms with E-state index in [4.69, 9.17) is 27.9 Å². The summed E-state index contributed by atoms with van der Waals surface area (Å²) >= 11 is 11.7. The van der Waals surface area contributed by atoms with Gasteiger partial charge in [-0.2, -0.15) is 0 Å². The number of aliphatic hydroxyl groups is 2. The van der Waals surface area contributed by atoms with E-state index in [1.165, 1.54) is 0 Å². The van der Waals surface area contributed by atoms with Crippen molar-refractivity contribution in [1.29, 1.82) is 0 Å². The van der Waals surface area contributed by atoms with Crippen LogP contribution in [0.15, 0.2) is 12.1 Å². The van der Waals surface area contributed by atoms with Crippen molar-refractivity contribution >= 4 is 29.3 Å². The van der Waals surface area contributed by atoms with E-state index in [2.05, 4.69) is 5.32 Å². The first kappa shape index (κ1) is 20.0. The zero-order valence-corrected chi connectivity index (χ0v) is 14.6. The Morgan fingerprint density at radius 2 is 1.83 bits per heavy atom. The second-order valence-corrected chi connectivity index (χ2v) is 6.83. The lowest BCUT2D eigenvalue weighted by Crippen LogP contribution is -2.34. The molecule has 2 atom stereocenters. The van der Waals surface area contributed by atoms with Crippen LogP contribution in [0.4, 0.5) is 9.18 Å². The summed E-state index contributed by atoms with van der Waals surface area (Å²) in [5, 5.41) is 22.4. The number of carbonyl (C=O) groups is 1. The lowest BCUT2D eigenvalue weighted by molar-refractivity contribution is 0.0123. The van der Waals surface area contributed by atoms with Gasteiger partial charge in [-0.25, -0.2) is 9.18 Å². The van der Waals surface area contributed by atoms with Crippen LogP contribution >= 0.6 is 23.2 Å². The maximum Gasteiger partial charge on any atom is 0.407 e. The molecule has 8 heteroatoms. The van der Waals surface area contributed by atoms with Gasteiger partial charge in [-0.3, -0.25) is 0 Å². The van der Waals surface area contributed by atoms with Gasteiger partial charge < -0.3 is 20.3 Å². The Balaban J connectivity index is 2.59. The van der Waals surface area contributed by atoms with Crippen LogP contribution in [0.3, 0.4) is 0 Å². The number of halogens is 3. The van der Waals surface area contributed by atoms with Crippen LogP contribution in [0.25, 0.3) is 0 Å². The topological polar surface area (TPSA) is 78.8 Å². The molecule has 130 valence electrons. The van der Waals surface area contributed by atoms with Gasteiger partial charge in [-0.15, -0.1) is 0 Å². The average molecular weight is 368 g/mol. The van der Waals surface area contributed by atoms with Gasteiger partial charge >= 0.3 is 6.09 Å². The van der Waals surface area contributed by atoms with E-state index in [1.807, 2.05) is 0 Å². The Bertz CT molecular complexity index is 540. The minimum absolute atomic E-state index is 0.0322. The molecule has 5 nitrogen and oxygen atoms in total. The van der Waals surface area contributed by atoms with Crippen LogP contribution in [0.1, 0.15) is 38.9 Å². The molecule has 0 bridgehead atoms. The minimum atomic E-state index is -1.41. The van der Waals surface area contributed by atoms with Crippen molar-refractivity contribution in [2.24, 2.45) is 0 Å². The molecule has 0 aliphatic heterocycles. The summed E-state index contributed by atoms with van der Waals surface area (Å²) in [7, 11) is 0. The monoisotopic (exact) mass is 367 g/mol. The fraction of sp³-hybridized carbons (Fsp3) is 0.533. The summed E-state index contributed by atoms with van der Waals surface area (Å²) in [5.74, 6) is -0.642. The fourth-order valence-electron chi connectivity index (χ4n) is 1.82. The molecule has 0 saturated heterocycles. The largest absolute Gasteiger partial charge is 0.444 e.